The van der Waals surface area contributed by atoms with Crippen molar-refractivity contribution in [3.05, 3.63) is 104 Å². The van der Waals surface area contributed by atoms with Crippen molar-refractivity contribution in [3.8, 4) is 33.8 Å². The maximum Gasteiger partial charge on any atom is 0.162 e. The summed E-state index contributed by atoms with van der Waals surface area (Å²) in [6, 6.07) is 20.3. The lowest BCUT2D eigenvalue weighted by molar-refractivity contribution is 0.628. The van der Waals surface area contributed by atoms with Crippen molar-refractivity contribution in [1.82, 2.24) is 24.5 Å². The lowest BCUT2D eigenvalue weighted by atomic mass is 10.0. The lowest BCUT2D eigenvalue weighted by Crippen LogP contribution is -2.08. The Morgan fingerprint density at radius 3 is 2.41 bits per heavy atom. The molecule has 2 aromatic carbocycles. The van der Waals surface area contributed by atoms with Gasteiger partial charge in [0.15, 0.2) is 5.82 Å². The van der Waals surface area contributed by atoms with Crippen molar-refractivity contribution in [2.75, 3.05) is 11.9 Å². The van der Waals surface area contributed by atoms with Gasteiger partial charge in [-0.3, -0.25) is 4.98 Å². The van der Waals surface area contributed by atoms with E-state index in [0.29, 0.717) is 5.82 Å². The number of aromatic nitrogens is 5. The first-order valence-electron chi connectivity index (χ1n) is 11.1. The van der Waals surface area contributed by atoms with Crippen LogP contribution in [0, 0.1) is 5.82 Å². The van der Waals surface area contributed by atoms with E-state index in [-0.39, 0.29) is 5.82 Å². The molecule has 0 bridgehead atoms. The fourth-order valence-corrected chi connectivity index (χ4v) is 3.68. The number of hydrogen-bond acceptors (Lipinski definition) is 5. The maximum atomic E-state index is 13.4. The Hall–Kier alpha value is -4.39. The first-order valence-corrected chi connectivity index (χ1v) is 11.1. The molecule has 0 unspecified atom stereocenters. The SMILES string of the molecule is Fc1ccc(-c2cncc(-c3cc(NCCCn4ccnc4)nc(-c4ccccc4)n3)c2)cc1. The predicted molar refractivity (Wildman–Crippen MR) is 131 cm³/mol. The molecular weight excluding hydrogens is 427 g/mol. The highest BCUT2D eigenvalue weighted by Gasteiger charge is 2.10. The quantitative estimate of drug-likeness (QED) is 0.307. The number of rotatable bonds is 8. The molecule has 3 aromatic heterocycles. The molecule has 0 fully saturated rings. The summed E-state index contributed by atoms with van der Waals surface area (Å²) in [5.74, 6) is 1.13. The number of nitrogens with zero attached hydrogens (tertiary/aromatic N) is 5. The fourth-order valence-electron chi connectivity index (χ4n) is 3.68. The standard InChI is InChI=1S/C27H23FN6/c28-24-9-7-20(8-10-24)22-15-23(18-30-17-22)25-16-26(31-11-4-13-34-14-12-29-19-34)33-27(32-25)21-5-2-1-3-6-21/h1-3,5-10,12,14-19H,4,11,13H2,(H,31,32,33). The molecule has 5 aromatic rings. The van der Waals surface area contributed by atoms with Gasteiger partial charge < -0.3 is 9.88 Å². The summed E-state index contributed by atoms with van der Waals surface area (Å²) in [6.07, 6.45) is 10.0. The normalized spacial score (nSPS) is 10.9. The van der Waals surface area contributed by atoms with E-state index in [1.807, 2.05) is 55.0 Å². The van der Waals surface area contributed by atoms with E-state index >= 15 is 0 Å². The summed E-state index contributed by atoms with van der Waals surface area (Å²) in [7, 11) is 0. The van der Waals surface area contributed by atoms with E-state index in [1.165, 1.54) is 12.1 Å². The van der Waals surface area contributed by atoms with Gasteiger partial charge in [0.2, 0.25) is 0 Å². The van der Waals surface area contributed by atoms with Crippen LogP contribution in [-0.4, -0.2) is 31.0 Å². The summed E-state index contributed by atoms with van der Waals surface area (Å²) >= 11 is 0. The molecule has 0 radical (unpaired) electrons. The Labute approximate surface area is 197 Å². The van der Waals surface area contributed by atoms with Gasteiger partial charge in [-0.1, -0.05) is 42.5 Å². The monoisotopic (exact) mass is 450 g/mol. The highest BCUT2D eigenvalue weighted by molar-refractivity contribution is 5.72. The molecule has 0 saturated carbocycles. The van der Waals surface area contributed by atoms with E-state index in [4.69, 9.17) is 9.97 Å². The number of nitrogens with one attached hydrogen (secondary N) is 1. The molecule has 168 valence electrons. The Morgan fingerprint density at radius 1 is 0.794 bits per heavy atom. The molecule has 5 rings (SSSR count). The molecule has 0 aliphatic heterocycles. The van der Waals surface area contributed by atoms with Crippen molar-refractivity contribution >= 4 is 5.82 Å². The Balaban J connectivity index is 1.44. The first kappa shape index (κ1) is 21.5. The van der Waals surface area contributed by atoms with Crippen LogP contribution in [0.25, 0.3) is 33.8 Å². The summed E-state index contributed by atoms with van der Waals surface area (Å²) in [5, 5.41) is 3.43. The van der Waals surface area contributed by atoms with Gasteiger partial charge >= 0.3 is 0 Å². The topological polar surface area (TPSA) is 68.5 Å². The highest BCUT2D eigenvalue weighted by Crippen LogP contribution is 2.27. The van der Waals surface area contributed by atoms with Crippen molar-refractivity contribution in [1.29, 1.82) is 0 Å². The summed E-state index contributed by atoms with van der Waals surface area (Å²) in [4.78, 5) is 18.1. The molecule has 6 nitrogen and oxygen atoms in total. The van der Waals surface area contributed by atoms with Gasteiger partial charge in [0.25, 0.3) is 0 Å². The van der Waals surface area contributed by atoms with Crippen LogP contribution in [0.4, 0.5) is 10.2 Å². The first-order chi connectivity index (χ1) is 16.7. The fraction of sp³-hybridized carbons (Fsp3) is 0.111. The summed E-state index contributed by atoms with van der Waals surface area (Å²) in [5.41, 5.74) is 4.36. The van der Waals surface area contributed by atoms with Crippen molar-refractivity contribution in [3.63, 3.8) is 0 Å². The number of halogens is 1. The van der Waals surface area contributed by atoms with Gasteiger partial charge in [-0.2, -0.15) is 0 Å². The number of benzene rings is 2. The Morgan fingerprint density at radius 2 is 1.62 bits per heavy atom. The van der Waals surface area contributed by atoms with Crippen LogP contribution in [-0.2, 0) is 6.54 Å². The molecule has 1 N–H and O–H groups in total. The zero-order valence-electron chi connectivity index (χ0n) is 18.5. The summed E-state index contributed by atoms with van der Waals surface area (Å²) in [6.45, 7) is 1.64. The summed E-state index contributed by atoms with van der Waals surface area (Å²) < 4.78 is 15.4. The minimum Gasteiger partial charge on any atom is -0.370 e. The second-order valence-electron chi connectivity index (χ2n) is 7.88. The van der Waals surface area contributed by atoms with Crippen LogP contribution in [0.1, 0.15) is 6.42 Å². The number of anilines is 1. The van der Waals surface area contributed by atoms with Gasteiger partial charge in [0.1, 0.15) is 11.6 Å². The average molecular weight is 451 g/mol. The molecule has 0 atom stereocenters. The molecule has 0 aliphatic rings. The second kappa shape index (κ2) is 10.0. The van der Waals surface area contributed by atoms with Crippen LogP contribution in [0.5, 0.6) is 0 Å². The van der Waals surface area contributed by atoms with Crippen LogP contribution >= 0.6 is 0 Å². The molecule has 0 saturated heterocycles. The van der Waals surface area contributed by atoms with Gasteiger partial charge in [0, 0.05) is 60.6 Å². The Bertz CT molecular complexity index is 1350. The minimum absolute atomic E-state index is 0.264. The highest BCUT2D eigenvalue weighted by atomic mass is 19.1. The third-order valence-electron chi connectivity index (χ3n) is 5.43. The molecular formula is C27H23FN6. The average Bonchev–Trinajstić information content (AvgIpc) is 3.41. The number of imidazole rings is 1. The molecule has 0 aliphatic carbocycles. The molecule has 0 amide bonds. The van der Waals surface area contributed by atoms with E-state index in [2.05, 4.69) is 19.9 Å². The zero-order chi connectivity index (χ0) is 23.2. The van der Waals surface area contributed by atoms with Crippen LogP contribution in [0.3, 0.4) is 0 Å². The van der Waals surface area contributed by atoms with Gasteiger partial charge in [-0.25, -0.2) is 19.3 Å². The second-order valence-corrected chi connectivity index (χ2v) is 7.88. The smallest absolute Gasteiger partial charge is 0.162 e. The Kier molecular flexibility index (Phi) is 6.34. The van der Waals surface area contributed by atoms with Crippen LogP contribution < -0.4 is 5.32 Å². The van der Waals surface area contributed by atoms with Crippen molar-refractivity contribution in [2.24, 2.45) is 0 Å². The minimum atomic E-state index is -0.264. The number of aryl methyl sites for hydroxylation is 1. The zero-order valence-corrected chi connectivity index (χ0v) is 18.5. The third kappa shape index (κ3) is 5.15. The van der Waals surface area contributed by atoms with Crippen LogP contribution in [0.15, 0.2) is 97.8 Å². The van der Waals surface area contributed by atoms with Gasteiger partial charge in [-0.15, -0.1) is 0 Å². The van der Waals surface area contributed by atoms with Crippen LogP contribution in [0.2, 0.25) is 0 Å². The van der Waals surface area contributed by atoms with Crippen molar-refractivity contribution < 1.29 is 4.39 Å². The van der Waals surface area contributed by atoms with E-state index in [1.54, 1.807) is 30.7 Å². The number of hydrogen-bond donors (Lipinski definition) is 1. The predicted octanol–water partition coefficient (Wildman–Crippen LogP) is 5.71. The maximum absolute atomic E-state index is 13.4. The van der Waals surface area contributed by atoms with Gasteiger partial charge in [0.05, 0.1) is 12.0 Å². The molecule has 3 heterocycles. The number of pyridine rings is 1. The molecule has 0 spiro atoms. The lowest BCUT2D eigenvalue weighted by Gasteiger charge is -2.11. The van der Waals surface area contributed by atoms with Crippen molar-refractivity contribution in [2.45, 2.75) is 13.0 Å². The van der Waals surface area contributed by atoms with E-state index in [0.717, 1.165) is 53.3 Å². The molecule has 7 heteroatoms. The van der Waals surface area contributed by atoms with E-state index < -0.39 is 0 Å². The third-order valence-corrected chi connectivity index (χ3v) is 5.43. The van der Waals surface area contributed by atoms with E-state index in [9.17, 15) is 4.39 Å². The van der Waals surface area contributed by atoms with Gasteiger partial charge in [-0.05, 0) is 30.2 Å². The largest absolute Gasteiger partial charge is 0.370 e. The molecule has 34 heavy (non-hydrogen) atoms.